The normalized spacial score (nSPS) is 11.9. The average molecular weight is 739 g/mol. The summed E-state index contributed by atoms with van der Waals surface area (Å²) in [6.45, 7) is 0. The summed E-state index contributed by atoms with van der Waals surface area (Å²) in [6, 6.07) is 76.4. The highest BCUT2D eigenvalue weighted by Crippen LogP contribution is 2.49. The van der Waals surface area contributed by atoms with Crippen molar-refractivity contribution in [3.8, 4) is 44.5 Å². The molecule has 0 atom stereocenters. The lowest BCUT2D eigenvalue weighted by molar-refractivity contribution is 1.64. The Bertz CT molecular complexity index is 3510. The first-order valence-electron chi connectivity index (χ1n) is 19.7. The van der Waals surface area contributed by atoms with Crippen molar-refractivity contribution in [3.05, 3.63) is 206 Å². The van der Waals surface area contributed by atoms with Crippen LogP contribution < -0.4 is 0 Å². The Balaban J connectivity index is 1.12. The third kappa shape index (κ3) is 4.93. The van der Waals surface area contributed by atoms with E-state index < -0.39 is 0 Å². The topological polar surface area (TPSA) is 0 Å². The van der Waals surface area contributed by atoms with Gasteiger partial charge in [-0.1, -0.05) is 194 Å². The van der Waals surface area contributed by atoms with Crippen LogP contribution in [0.25, 0.3) is 119 Å². The molecule has 12 rings (SSSR count). The van der Waals surface area contributed by atoms with Crippen LogP contribution in [0.2, 0.25) is 0 Å². The summed E-state index contributed by atoms with van der Waals surface area (Å²) in [5.41, 5.74) is 10.1. The van der Waals surface area contributed by atoms with Crippen LogP contribution in [0.3, 0.4) is 0 Å². The number of hydrogen-bond donors (Lipinski definition) is 0. The zero-order valence-electron chi connectivity index (χ0n) is 31.0. The van der Waals surface area contributed by atoms with Crippen LogP contribution in [0.5, 0.6) is 0 Å². The number of rotatable bonds is 4. The second kappa shape index (κ2) is 12.7. The molecular weight excluding hydrogens is 705 g/mol. The molecular formula is C56H34S. The van der Waals surface area contributed by atoms with Gasteiger partial charge in [-0.15, -0.1) is 11.3 Å². The molecule has 1 aromatic heterocycles. The van der Waals surface area contributed by atoms with Crippen molar-refractivity contribution in [2.45, 2.75) is 0 Å². The van der Waals surface area contributed by atoms with Gasteiger partial charge in [0.1, 0.15) is 0 Å². The van der Waals surface area contributed by atoms with E-state index in [1.54, 1.807) is 0 Å². The molecule has 57 heavy (non-hydrogen) atoms. The number of benzene rings is 11. The van der Waals surface area contributed by atoms with Gasteiger partial charge in [0.15, 0.2) is 0 Å². The number of fused-ring (bicyclic) bond motifs is 9. The molecule has 1 heteroatoms. The van der Waals surface area contributed by atoms with Gasteiger partial charge in [0, 0.05) is 25.7 Å². The van der Waals surface area contributed by atoms with Gasteiger partial charge in [-0.25, -0.2) is 0 Å². The molecule has 0 aliphatic rings. The SMILES string of the molecule is c1ccc(-c2ccc(-c3c4ccccc4c(-c4cccc(-c5c6ccccc6cc6c5sc5c7ccccc7ccc65)c4)c4ccccc34)c3ccccc23)cc1. The molecule has 0 saturated heterocycles. The lowest BCUT2D eigenvalue weighted by Gasteiger charge is -2.20. The number of hydrogen-bond acceptors (Lipinski definition) is 1. The maximum absolute atomic E-state index is 2.45. The fourth-order valence-electron chi connectivity index (χ4n) is 9.53. The van der Waals surface area contributed by atoms with E-state index in [2.05, 4.69) is 206 Å². The summed E-state index contributed by atoms with van der Waals surface area (Å²) in [5.74, 6) is 0. The lowest BCUT2D eigenvalue weighted by atomic mass is 9.83. The first kappa shape index (κ1) is 32.2. The predicted molar refractivity (Wildman–Crippen MR) is 249 cm³/mol. The van der Waals surface area contributed by atoms with Crippen molar-refractivity contribution in [3.63, 3.8) is 0 Å². The van der Waals surface area contributed by atoms with Gasteiger partial charge in [-0.3, -0.25) is 0 Å². The maximum Gasteiger partial charge on any atom is 0.0440 e. The van der Waals surface area contributed by atoms with Gasteiger partial charge in [-0.2, -0.15) is 0 Å². The van der Waals surface area contributed by atoms with Crippen LogP contribution in [0.4, 0.5) is 0 Å². The van der Waals surface area contributed by atoms with Crippen molar-refractivity contribution in [2.75, 3.05) is 0 Å². The monoisotopic (exact) mass is 738 g/mol. The molecule has 0 radical (unpaired) electrons. The highest BCUT2D eigenvalue weighted by Gasteiger charge is 2.21. The highest BCUT2D eigenvalue weighted by atomic mass is 32.1. The Hall–Kier alpha value is -7.06. The molecule has 12 aromatic rings. The average Bonchev–Trinajstić information content (AvgIpc) is 3.66. The van der Waals surface area contributed by atoms with Crippen LogP contribution >= 0.6 is 11.3 Å². The van der Waals surface area contributed by atoms with Crippen LogP contribution in [-0.2, 0) is 0 Å². The first-order valence-corrected chi connectivity index (χ1v) is 20.5. The van der Waals surface area contributed by atoms with Gasteiger partial charge >= 0.3 is 0 Å². The molecule has 0 aliphatic carbocycles. The zero-order chi connectivity index (χ0) is 37.5. The summed E-state index contributed by atoms with van der Waals surface area (Å²) < 4.78 is 2.70. The molecule has 0 saturated carbocycles. The summed E-state index contributed by atoms with van der Waals surface area (Å²) >= 11 is 1.93. The quantitative estimate of drug-likeness (QED) is 0.158. The zero-order valence-corrected chi connectivity index (χ0v) is 31.9. The van der Waals surface area contributed by atoms with Crippen molar-refractivity contribution in [1.29, 1.82) is 0 Å². The van der Waals surface area contributed by atoms with Crippen molar-refractivity contribution in [1.82, 2.24) is 0 Å². The van der Waals surface area contributed by atoms with E-state index in [4.69, 9.17) is 0 Å². The second-order valence-corrected chi connectivity index (χ2v) is 16.1. The molecule has 11 aromatic carbocycles. The second-order valence-electron chi connectivity index (χ2n) is 15.1. The Morgan fingerprint density at radius 3 is 1.44 bits per heavy atom. The Morgan fingerprint density at radius 1 is 0.228 bits per heavy atom. The number of thiophene rings is 1. The van der Waals surface area contributed by atoms with Crippen LogP contribution in [0.15, 0.2) is 206 Å². The maximum atomic E-state index is 2.45. The lowest BCUT2D eigenvalue weighted by Crippen LogP contribution is -1.93. The molecule has 1 heterocycles. The van der Waals surface area contributed by atoms with Crippen molar-refractivity contribution < 1.29 is 0 Å². The summed E-state index contributed by atoms with van der Waals surface area (Å²) in [5, 5.41) is 15.4. The Labute approximate surface area is 334 Å². The van der Waals surface area contributed by atoms with E-state index >= 15 is 0 Å². The largest absolute Gasteiger partial charge is 0.134 e. The third-order valence-corrected chi connectivity index (χ3v) is 13.3. The highest BCUT2D eigenvalue weighted by molar-refractivity contribution is 7.27. The molecule has 0 amide bonds. The Morgan fingerprint density at radius 2 is 0.737 bits per heavy atom. The summed E-state index contributed by atoms with van der Waals surface area (Å²) in [6.07, 6.45) is 0. The molecule has 0 fully saturated rings. The molecule has 0 N–H and O–H groups in total. The van der Waals surface area contributed by atoms with E-state index in [0.29, 0.717) is 0 Å². The minimum atomic E-state index is 1.23. The Kier molecular flexibility index (Phi) is 7.20. The van der Waals surface area contributed by atoms with Gasteiger partial charge < -0.3 is 0 Å². The van der Waals surface area contributed by atoms with Gasteiger partial charge in [0.25, 0.3) is 0 Å². The van der Waals surface area contributed by atoms with Gasteiger partial charge in [-0.05, 0) is 105 Å². The van der Waals surface area contributed by atoms with Gasteiger partial charge in [0.2, 0.25) is 0 Å². The minimum Gasteiger partial charge on any atom is -0.134 e. The third-order valence-electron chi connectivity index (χ3n) is 12.0. The smallest absolute Gasteiger partial charge is 0.0440 e. The molecule has 0 nitrogen and oxygen atoms in total. The van der Waals surface area contributed by atoms with E-state index in [-0.39, 0.29) is 0 Å². The van der Waals surface area contributed by atoms with E-state index in [1.165, 1.54) is 119 Å². The first-order chi connectivity index (χ1) is 28.3. The molecule has 264 valence electrons. The summed E-state index contributed by atoms with van der Waals surface area (Å²) in [4.78, 5) is 0. The molecule has 0 bridgehead atoms. The van der Waals surface area contributed by atoms with E-state index in [9.17, 15) is 0 Å². The molecule has 0 aliphatic heterocycles. The molecule has 0 unspecified atom stereocenters. The van der Waals surface area contributed by atoms with Crippen LogP contribution in [-0.4, -0.2) is 0 Å². The van der Waals surface area contributed by atoms with E-state index in [1.807, 2.05) is 11.3 Å². The fraction of sp³-hybridized carbons (Fsp3) is 0. The van der Waals surface area contributed by atoms with Crippen LogP contribution in [0.1, 0.15) is 0 Å². The van der Waals surface area contributed by atoms with Crippen LogP contribution in [0, 0.1) is 0 Å². The minimum absolute atomic E-state index is 1.23. The molecule has 0 spiro atoms. The predicted octanol–water partition coefficient (Wildman–Crippen LogP) is 16.5. The summed E-state index contributed by atoms with van der Waals surface area (Å²) in [7, 11) is 0. The standard InChI is InChI=1S/C56H34S/c1-2-15-35(16-3-1)40-31-32-49(44-24-9-8-23-43(40)44)54-47-27-12-10-25-45(47)52(46-26-11-13-28-48(46)54)38-19-14-20-39(33-38)53-41-21-6-5-18-37(41)34-51-50-30-29-36-17-4-7-22-42(36)55(50)57-56(51)53/h1-34H. The van der Waals surface area contributed by atoms with E-state index in [0.717, 1.165) is 0 Å². The van der Waals surface area contributed by atoms with Crippen molar-refractivity contribution >= 4 is 85.4 Å². The van der Waals surface area contributed by atoms with Gasteiger partial charge in [0.05, 0.1) is 0 Å². The fourth-order valence-corrected chi connectivity index (χ4v) is 10.9. The van der Waals surface area contributed by atoms with Crippen molar-refractivity contribution in [2.24, 2.45) is 0 Å².